The molecule has 0 bridgehead atoms. The number of esters is 1. The molecule has 2 heterocycles. The summed E-state index contributed by atoms with van der Waals surface area (Å²) in [7, 11) is 3.16. The first-order valence-corrected chi connectivity index (χ1v) is 13.7. The van der Waals surface area contributed by atoms with Crippen LogP contribution in [0.3, 0.4) is 0 Å². The van der Waals surface area contributed by atoms with E-state index >= 15 is 0 Å². The van der Waals surface area contributed by atoms with Gasteiger partial charge in [0.25, 0.3) is 5.56 Å². The zero-order valence-corrected chi connectivity index (χ0v) is 23.6. The zero-order chi connectivity index (χ0) is 27.4. The Morgan fingerprint density at radius 3 is 2.39 bits per heavy atom. The topological polar surface area (TPSA) is 79.1 Å². The van der Waals surface area contributed by atoms with Gasteiger partial charge in [-0.05, 0) is 54.2 Å². The summed E-state index contributed by atoms with van der Waals surface area (Å²) in [6, 6.07) is 13.0. The number of nitrogens with zero attached hydrogens (tertiary/aromatic N) is 2. The number of aromatic nitrogens is 1. The van der Waals surface area contributed by atoms with Gasteiger partial charge in [0.1, 0.15) is 0 Å². The molecule has 0 fully saturated rings. The fraction of sp³-hybridized carbons (Fsp3) is 0.367. The van der Waals surface area contributed by atoms with Crippen LogP contribution in [0, 0.1) is 0 Å². The molecule has 0 spiro atoms. The summed E-state index contributed by atoms with van der Waals surface area (Å²) in [5, 5.41) is 0. The summed E-state index contributed by atoms with van der Waals surface area (Å²) in [4.78, 5) is 32.6. The maximum atomic E-state index is 13.9. The first-order valence-electron chi connectivity index (χ1n) is 12.9. The molecule has 1 aromatic heterocycles. The molecule has 0 amide bonds. The molecule has 4 rings (SSSR count). The van der Waals surface area contributed by atoms with E-state index in [1.807, 2.05) is 37.3 Å². The van der Waals surface area contributed by atoms with Crippen molar-refractivity contribution in [3.63, 3.8) is 0 Å². The van der Waals surface area contributed by atoms with E-state index in [-0.39, 0.29) is 12.2 Å². The third kappa shape index (κ3) is 5.31. The highest BCUT2D eigenvalue weighted by molar-refractivity contribution is 7.07. The number of ether oxygens (including phenoxy) is 3. The van der Waals surface area contributed by atoms with Crippen LogP contribution in [0.5, 0.6) is 11.5 Å². The lowest BCUT2D eigenvalue weighted by Gasteiger charge is -2.26. The number of methoxy groups -OCH3 is 2. The molecular formula is C30H34N2O5S. The zero-order valence-electron chi connectivity index (χ0n) is 22.7. The molecular weight excluding hydrogens is 500 g/mol. The number of carbonyl (C=O) groups is 1. The highest BCUT2D eigenvalue weighted by atomic mass is 32.1. The molecule has 0 unspecified atom stereocenters. The van der Waals surface area contributed by atoms with Crippen molar-refractivity contribution in [1.82, 2.24) is 4.57 Å². The normalized spacial score (nSPS) is 15.3. The monoisotopic (exact) mass is 534 g/mol. The van der Waals surface area contributed by atoms with Crippen molar-refractivity contribution in [3.05, 3.63) is 90.1 Å². The average molecular weight is 535 g/mol. The number of fused-ring (bicyclic) bond motifs is 1. The highest BCUT2D eigenvalue weighted by Crippen LogP contribution is 2.33. The van der Waals surface area contributed by atoms with E-state index in [0.29, 0.717) is 44.4 Å². The van der Waals surface area contributed by atoms with Gasteiger partial charge in [0, 0.05) is 0 Å². The number of benzene rings is 2. The summed E-state index contributed by atoms with van der Waals surface area (Å²) >= 11 is 1.31. The Hall–Kier alpha value is -3.65. The third-order valence-electron chi connectivity index (χ3n) is 6.52. The van der Waals surface area contributed by atoms with Crippen LogP contribution in [0.25, 0.3) is 6.08 Å². The first-order chi connectivity index (χ1) is 18.3. The summed E-state index contributed by atoms with van der Waals surface area (Å²) in [5.74, 6) is 1.11. The SMILES string of the molecule is CCCC1=C(C(=O)OCC)[C@@H](c2ccc(C(C)C)cc2)n2c(s/c(=C\c3ccc(OC)c(OC)c3)c2=O)=N1. The maximum absolute atomic E-state index is 13.9. The second kappa shape index (κ2) is 11.8. The van der Waals surface area contributed by atoms with Crippen LogP contribution in [0.2, 0.25) is 0 Å². The summed E-state index contributed by atoms with van der Waals surface area (Å²) in [6.07, 6.45) is 3.23. The van der Waals surface area contributed by atoms with Gasteiger partial charge in [-0.3, -0.25) is 9.36 Å². The van der Waals surface area contributed by atoms with Crippen LogP contribution >= 0.6 is 11.3 Å². The van der Waals surface area contributed by atoms with Gasteiger partial charge in [0.05, 0.1) is 42.7 Å². The number of hydrogen-bond acceptors (Lipinski definition) is 7. The van der Waals surface area contributed by atoms with Gasteiger partial charge in [-0.25, -0.2) is 9.79 Å². The minimum absolute atomic E-state index is 0.209. The Kier molecular flexibility index (Phi) is 8.52. The fourth-order valence-electron chi connectivity index (χ4n) is 4.59. The van der Waals surface area contributed by atoms with Gasteiger partial charge in [0.2, 0.25) is 0 Å². The minimum atomic E-state index is -0.624. The lowest BCUT2D eigenvalue weighted by atomic mass is 9.92. The van der Waals surface area contributed by atoms with Gasteiger partial charge in [0.15, 0.2) is 16.3 Å². The Labute approximate surface area is 226 Å². The van der Waals surface area contributed by atoms with Crippen LogP contribution in [0.4, 0.5) is 0 Å². The van der Waals surface area contributed by atoms with E-state index in [1.165, 1.54) is 16.9 Å². The van der Waals surface area contributed by atoms with Gasteiger partial charge >= 0.3 is 5.97 Å². The molecule has 1 atom stereocenters. The molecule has 7 nitrogen and oxygen atoms in total. The summed E-state index contributed by atoms with van der Waals surface area (Å²) < 4.78 is 18.4. The standard InChI is InChI=1S/C30H34N2O5S/c1-7-9-22-26(29(34)37-8-2)27(21-13-11-20(12-14-21)18(3)4)32-28(33)25(38-30(32)31-22)17-19-10-15-23(35-5)24(16-19)36-6/h10-18,27H,7-9H2,1-6H3/b25-17-/t27-/m1/s1. The third-order valence-corrected chi connectivity index (χ3v) is 7.50. The smallest absolute Gasteiger partial charge is 0.338 e. The van der Waals surface area contributed by atoms with Crippen molar-refractivity contribution in [2.75, 3.05) is 20.8 Å². The van der Waals surface area contributed by atoms with Crippen molar-refractivity contribution in [2.45, 2.75) is 52.5 Å². The highest BCUT2D eigenvalue weighted by Gasteiger charge is 2.34. The number of hydrogen-bond donors (Lipinski definition) is 0. The summed E-state index contributed by atoms with van der Waals surface area (Å²) in [5.41, 5.74) is 3.71. The molecule has 8 heteroatoms. The second-order valence-corrected chi connectivity index (χ2v) is 10.4. The van der Waals surface area contributed by atoms with E-state index in [4.69, 9.17) is 19.2 Å². The number of allylic oxidation sites excluding steroid dienone is 1. The van der Waals surface area contributed by atoms with E-state index in [2.05, 4.69) is 26.0 Å². The molecule has 1 aliphatic heterocycles. The van der Waals surface area contributed by atoms with Crippen LogP contribution in [0.1, 0.15) is 69.2 Å². The molecule has 0 saturated heterocycles. The van der Waals surface area contributed by atoms with Crippen molar-refractivity contribution in [2.24, 2.45) is 4.99 Å². The van der Waals surface area contributed by atoms with E-state index < -0.39 is 12.0 Å². The summed E-state index contributed by atoms with van der Waals surface area (Å²) in [6.45, 7) is 8.34. The van der Waals surface area contributed by atoms with Crippen LogP contribution in [-0.2, 0) is 9.53 Å². The number of rotatable bonds is 9. The predicted octanol–water partition coefficient (Wildman–Crippen LogP) is 4.72. The van der Waals surface area contributed by atoms with Gasteiger partial charge in [-0.2, -0.15) is 0 Å². The largest absolute Gasteiger partial charge is 0.493 e. The quantitative estimate of drug-likeness (QED) is 0.371. The molecule has 1 aliphatic rings. The van der Waals surface area contributed by atoms with E-state index in [9.17, 15) is 9.59 Å². The Morgan fingerprint density at radius 2 is 1.79 bits per heavy atom. The van der Waals surface area contributed by atoms with Crippen molar-refractivity contribution in [1.29, 1.82) is 0 Å². The van der Waals surface area contributed by atoms with Crippen molar-refractivity contribution < 1.29 is 19.0 Å². The predicted molar refractivity (Wildman–Crippen MR) is 150 cm³/mol. The molecule has 0 N–H and O–H groups in total. The Bertz CT molecular complexity index is 1530. The molecule has 200 valence electrons. The van der Waals surface area contributed by atoms with E-state index in [0.717, 1.165) is 17.5 Å². The number of carbonyl (C=O) groups excluding carboxylic acids is 1. The maximum Gasteiger partial charge on any atom is 0.338 e. The van der Waals surface area contributed by atoms with Gasteiger partial charge < -0.3 is 14.2 Å². The number of thiazole rings is 1. The van der Waals surface area contributed by atoms with Gasteiger partial charge in [-0.1, -0.05) is 68.9 Å². The molecule has 38 heavy (non-hydrogen) atoms. The molecule has 0 saturated carbocycles. The Balaban J connectivity index is 1.95. The lowest BCUT2D eigenvalue weighted by molar-refractivity contribution is -0.139. The van der Waals surface area contributed by atoms with Crippen LogP contribution in [-0.4, -0.2) is 31.4 Å². The average Bonchev–Trinajstić information content (AvgIpc) is 3.22. The molecule has 2 aromatic carbocycles. The lowest BCUT2D eigenvalue weighted by Crippen LogP contribution is -2.40. The molecule has 3 aromatic rings. The molecule has 0 radical (unpaired) electrons. The fourth-order valence-corrected chi connectivity index (χ4v) is 5.61. The first kappa shape index (κ1) is 27.4. The Morgan fingerprint density at radius 1 is 1.08 bits per heavy atom. The molecule has 0 aliphatic carbocycles. The van der Waals surface area contributed by atoms with Crippen molar-refractivity contribution >= 4 is 23.4 Å². The van der Waals surface area contributed by atoms with E-state index in [1.54, 1.807) is 31.8 Å². The van der Waals surface area contributed by atoms with Crippen LogP contribution in [0.15, 0.2) is 63.5 Å². The van der Waals surface area contributed by atoms with Crippen LogP contribution < -0.4 is 24.4 Å². The second-order valence-electron chi connectivity index (χ2n) is 9.35. The van der Waals surface area contributed by atoms with Crippen molar-refractivity contribution in [3.8, 4) is 11.5 Å². The van der Waals surface area contributed by atoms with Gasteiger partial charge in [-0.15, -0.1) is 0 Å². The minimum Gasteiger partial charge on any atom is -0.493 e.